The molecule has 0 amide bonds. The predicted octanol–water partition coefficient (Wildman–Crippen LogP) is 4.74. The third-order valence-corrected chi connectivity index (χ3v) is 4.45. The first-order valence-corrected chi connectivity index (χ1v) is 8.88. The van der Waals surface area contributed by atoms with Crippen molar-refractivity contribution in [1.82, 2.24) is 4.57 Å². The number of nitrogens with zero attached hydrogens (tertiary/aromatic N) is 2. The van der Waals surface area contributed by atoms with Crippen molar-refractivity contribution in [1.29, 1.82) is 0 Å². The van der Waals surface area contributed by atoms with E-state index in [-0.39, 0.29) is 11.2 Å². The monoisotopic (exact) mass is 347 g/mol. The lowest BCUT2D eigenvalue weighted by Crippen LogP contribution is -2.37. The third kappa shape index (κ3) is 5.32. The first-order valence-electron chi connectivity index (χ1n) is 8.88. The van der Waals surface area contributed by atoms with E-state index in [4.69, 9.17) is 4.74 Å². The molecule has 138 valence electrons. The molecule has 2 aromatic rings. The van der Waals surface area contributed by atoms with E-state index in [0.29, 0.717) is 17.7 Å². The molecule has 0 saturated carbocycles. The number of halogens is 1. The molecule has 0 unspecified atom stereocenters. The number of imidazole rings is 1. The molecule has 1 aromatic heterocycles. The summed E-state index contributed by atoms with van der Waals surface area (Å²) in [5, 5.41) is 0. The van der Waals surface area contributed by atoms with Gasteiger partial charge in [0.05, 0.1) is 13.7 Å². The Morgan fingerprint density at radius 1 is 1.16 bits per heavy atom. The first-order chi connectivity index (χ1) is 11.5. The highest BCUT2D eigenvalue weighted by atomic mass is 19.1. The molecule has 0 spiro atoms. The summed E-state index contributed by atoms with van der Waals surface area (Å²) in [5.74, 6) is 1.64. The molecule has 3 nitrogen and oxygen atoms in total. The van der Waals surface area contributed by atoms with E-state index in [9.17, 15) is 4.39 Å². The molecule has 0 aliphatic rings. The fraction of sp³-hybridized carbons (Fsp3) is 0.571. The van der Waals surface area contributed by atoms with Gasteiger partial charge in [-0.1, -0.05) is 34.6 Å². The van der Waals surface area contributed by atoms with Crippen molar-refractivity contribution in [3.63, 3.8) is 0 Å². The molecule has 0 saturated heterocycles. The Morgan fingerprint density at radius 3 is 2.44 bits per heavy atom. The van der Waals surface area contributed by atoms with E-state index < -0.39 is 0 Å². The van der Waals surface area contributed by atoms with E-state index >= 15 is 0 Å². The van der Waals surface area contributed by atoms with Gasteiger partial charge in [-0.05, 0) is 30.0 Å². The van der Waals surface area contributed by atoms with Crippen molar-refractivity contribution in [3.05, 3.63) is 47.8 Å². The molecule has 0 aliphatic carbocycles. The normalized spacial score (nSPS) is 12.5. The highest BCUT2D eigenvalue weighted by Gasteiger charge is 2.29. The van der Waals surface area contributed by atoms with Crippen molar-refractivity contribution in [2.24, 2.45) is 10.8 Å². The molecule has 2 rings (SSSR count). The lowest BCUT2D eigenvalue weighted by Gasteiger charge is -2.31. The van der Waals surface area contributed by atoms with E-state index in [0.717, 1.165) is 24.4 Å². The number of rotatable bonds is 6. The fourth-order valence-corrected chi connectivity index (χ4v) is 3.88. The average Bonchev–Trinajstić information content (AvgIpc) is 2.77. The zero-order chi connectivity index (χ0) is 18.8. The number of ether oxygens (including phenoxy) is 1. The summed E-state index contributed by atoms with van der Waals surface area (Å²) in [5.41, 5.74) is 1.36. The zero-order valence-electron chi connectivity index (χ0n) is 16.7. The van der Waals surface area contributed by atoms with Gasteiger partial charge < -0.3 is 4.74 Å². The molecule has 0 fully saturated rings. The van der Waals surface area contributed by atoms with Crippen LogP contribution in [0.1, 0.15) is 52.4 Å². The predicted molar refractivity (Wildman–Crippen MR) is 99.3 cm³/mol. The summed E-state index contributed by atoms with van der Waals surface area (Å²) in [7, 11) is 1.62. The molecule has 1 heterocycles. The molecular weight excluding hydrogens is 315 g/mol. The van der Waals surface area contributed by atoms with Crippen LogP contribution in [-0.4, -0.2) is 11.7 Å². The van der Waals surface area contributed by atoms with Gasteiger partial charge in [-0.15, -0.1) is 0 Å². The second kappa shape index (κ2) is 7.19. The number of methoxy groups -OCH3 is 1. The highest BCUT2D eigenvalue weighted by molar-refractivity contribution is 5.33. The van der Waals surface area contributed by atoms with Gasteiger partial charge in [0.1, 0.15) is 30.5 Å². The van der Waals surface area contributed by atoms with Crippen LogP contribution in [0.2, 0.25) is 0 Å². The molecule has 0 N–H and O–H groups in total. The van der Waals surface area contributed by atoms with Crippen LogP contribution in [0.4, 0.5) is 4.39 Å². The first kappa shape index (κ1) is 19.5. The van der Waals surface area contributed by atoms with E-state index in [1.165, 1.54) is 6.07 Å². The summed E-state index contributed by atoms with van der Waals surface area (Å²) < 4.78 is 23.4. The van der Waals surface area contributed by atoms with Gasteiger partial charge in [-0.25, -0.2) is 13.5 Å². The Hall–Kier alpha value is -1.84. The lowest BCUT2D eigenvalue weighted by molar-refractivity contribution is -0.694. The topological polar surface area (TPSA) is 18.0 Å². The largest absolute Gasteiger partial charge is 0.496 e. The molecule has 4 heteroatoms. The van der Waals surface area contributed by atoms with Gasteiger partial charge in [-0.2, -0.15) is 0 Å². The van der Waals surface area contributed by atoms with Gasteiger partial charge in [0.2, 0.25) is 0 Å². The number of hydrogen-bond acceptors (Lipinski definition) is 1. The van der Waals surface area contributed by atoms with Crippen molar-refractivity contribution in [2.45, 2.75) is 61.1 Å². The SMILES string of the molecule is COc1ccc(F)cc1C[n+]1ccn(CC(C)(C)CC(C)(C)C)c1C. The Morgan fingerprint density at radius 2 is 1.84 bits per heavy atom. The standard InChI is InChI=1S/C21H32FN2O/c1-16-23(13-17-12-18(22)8-9-19(17)25-7)10-11-24(16)15-21(5,6)14-20(2,3)4/h8-12H,13-15H2,1-7H3/q+1. The molecular formula is C21H32FN2O+. The van der Waals surface area contributed by atoms with Crippen LogP contribution in [0.5, 0.6) is 5.75 Å². The Kier molecular flexibility index (Phi) is 5.60. The van der Waals surface area contributed by atoms with Crippen LogP contribution in [0.3, 0.4) is 0 Å². The third-order valence-electron chi connectivity index (χ3n) is 4.45. The van der Waals surface area contributed by atoms with Crippen LogP contribution in [0.25, 0.3) is 0 Å². The van der Waals surface area contributed by atoms with Crippen LogP contribution >= 0.6 is 0 Å². The molecule has 1 aromatic carbocycles. The number of aromatic nitrogens is 2. The van der Waals surface area contributed by atoms with Crippen LogP contribution in [-0.2, 0) is 13.1 Å². The summed E-state index contributed by atoms with van der Waals surface area (Å²) in [6, 6.07) is 4.66. The second-order valence-electron chi connectivity index (χ2n) is 8.96. The van der Waals surface area contributed by atoms with Gasteiger partial charge >= 0.3 is 0 Å². The van der Waals surface area contributed by atoms with Gasteiger partial charge in [0.25, 0.3) is 5.82 Å². The van der Waals surface area contributed by atoms with Crippen LogP contribution in [0, 0.1) is 23.6 Å². The summed E-state index contributed by atoms with van der Waals surface area (Å²) >= 11 is 0. The van der Waals surface area contributed by atoms with Crippen molar-refractivity contribution in [2.75, 3.05) is 7.11 Å². The lowest BCUT2D eigenvalue weighted by atomic mass is 9.76. The van der Waals surface area contributed by atoms with Crippen molar-refractivity contribution < 1.29 is 13.7 Å². The quantitative estimate of drug-likeness (QED) is 0.690. The molecule has 25 heavy (non-hydrogen) atoms. The van der Waals surface area contributed by atoms with E-state index in [2.05, 4.69) is 63.1 Å². The smallest absolute Gasteiger partial charge is 0.253 e. The van der Waals surface area contributed by atoms with Crippen LogP contribution < -0.4 is 9.30 Å². The van der Waals surface area contributed by atoms with Gasteiger partial charge in [0.15, 0.2) is 0 Å². The van der Waals surface area contributed by atoms with Gasteiger partial charge in [0, 0.05) is 17.9 Å². The Labute approximate surface area is 151 Å². The summed E-state index contributed by atoms with van der Waals surface area (Å²) in [4.78, 5) is 0. The maximum absolute atomic E-state index is 13.6. The molecule has 0 bridgehead atoms. The molecule has 0 radical (unpaired) electrons. The van der Waals surface area contributed by atoms with E-state index in [1.54, 1.807) is 19.2 Å². The van der Waals surface area contributed by atoms with Gasteiger partial charge in [-0.3, -0.25) is 0 Å². The van der Waals surface area contributed by atoms with Crippen molar-refractivity contribution in [3.8, 4) is 5.75 Å². The minimum atomic E-state index is -0.236. The molecule has 0 atom stereocenters. The maximum atomic E-state index is 13.6. The fourth-order valence-electron chi connectivity index (χ4n) is 3.88. The zero-order valence-corrected chi connectivity index (χ0v) is 16.7. The summed E-state index contributed by atoms with van der Waals surface area (Å²) in [6.45, 7) is 15.2. The maximum Gasteiger partial charge on any atom is 0.253 e. The van der Waals surface area contributed by atoms with Crippen LogP contribution in [0.15, 0.2) is 30.6 Å². The van der Waals surface area contributed by atoms with Crippen molar-refractivity contribution >= 4 is 0 Å². The average molecular weight is 347 g/mol. The Bertz CT molecular complexity index is 726. The Balaban J connectivity index is 2.20. The highest BCUT2D eigenvalue weighted by Crippen LogP contribution is 2.34. The number of benzene rings is 1. The minimum absolute atomic E-state index is 0.205. The molecule has 0 aliphatic heterocycles. The second-order valence-corrected chi connectivity index (χ2v) is 8.96. The summed E-state index contributed by atoms with van der Waals surface area (Å²) in [6.07, 6.45) is 5.33. The number of hydrogen-bond donors (Lipinski definition) is 0. The van der Waals surface area contributed by atoms with E-state index in [1.807, 2.05) is 0 Å². The minimum Gasteiger partial charge on any atom is -0.496 e.